The molecule has 0 saturated carbocycles. The van der Waals surface area contributed by atoms with Crippen LogP contribution in [0.3, 0.4) is 0 Å². The van der Waals surface area contributed by atoms with E-state index in [-0.39, 0.29) is 19.5 Å². The molecule has 0 aliphatic heterocycles. The first-order valence-electron chi connectivity index (χ1n) is 5.13. The van der Waals surface area contributed by atoms with Crippen molar-refractivity contribution >= 4 is 38.4 Å². The largest absolute Gasteiger partial charge is 0.537 e. The van der Waals surface area contributed by atoms with E-state index in [9.17, 15) is 14.4 Å². The zero-order chi connectivity index (χ0) is 17.6. The molecule has 0 aliphatic carbocycles. The van der Waals surface area contributed by atoms with Crippen LogP contribution in [-0.2, 0) is 57.0 Å². The van der Waals surface area contributed by atoms with Crippen molar-refractivity contribution < 1.29 is 67.2 Å². The summed E-state index contributed by atoms with van der Waals surface area (Å²) >= 11 is 0. The van der Waals surface area contributed by atoms with Gasteiger partial charge >= 0.3 is 26.5 Å². The maximum Gasteiger partial charge on any atom is 0.537 e. The van der Waals surface area contributed by atoms with Gasteiger partial charge in [0.05, 0.1) is 0 Å². The minimum Gasteiger partial charge on any atom is -0.481 e. The number of hydrogen-bond donors (Lipinski definition) is 2. The van der Waals surface area contributed by atoms with Crippen molar-refractivity contribution in [3.05, 3.63) is 0 Å². The molecule has 2 N–H and O–H groups in total. The third-order valence-electron chi connectivity index (χ3n) is 0.609. The second-order valence-corrected chi connectivity index (χ2v) is 4.01. The van der Waals surface area contributed by atoms with E-state index in [0.29, 0.717) is 0 Å². The van der Waals surface area contributed by atoms with Gasteiger partial charge in [-0.25, -0.2) is 0 Å². The van der Waals surface area contributed by atoms with Gasteiger partial charge in [-0.1, -0.05) is 0 Å². The Labute approximate surface area is 140 Å². The van der Waals surface area contributed by atoms with Crippen LogP contribution in [0.5, 0.6) is 0 Å². The summed E-state index contributed by atoms with van der Waals surface area (Å²) in [6, 6.07) is 0. The Kier molecular flexibility index (Phi) is 22.7. The van der Waals surface area contributed by atoms with E-state index in [1.807, 2.05) is 0 Å². The summed E-state index contributed by atoms with van der Waals surface area (Å²) in [5.41, 5.74) is 0. The summed E-state index contributed by atoms with van der Waals surface area (Å²) < 4.78 is 13.2. The summed E-state index contributed by atoms with van der Waals surface area (Å²) in [6.07, 6.45) is 0. The maximum absolute atomic E-state index is 10.4. The Morgan fingerprint density at radius 2 is 0.773 bits per heavy atom. The molecule has 0 saturated heterocycles. The average Bonchev–Trinajstić information content (AvgIpc) is 2.10. The molecule has 0 amide bonds. The van der Waals surface area contributed by atoms with Gasteiger partial charge in [0, 0.05) is 54.1 Å². The van der Waals surface area contributed by atoms with Gasteiger partial charge in [-0.3, -0.25) is 24.0 Å². The second-order valence-electron chi connectivity index (χ2n) is 3.01. The molecule has 0 atom stereocenters. The van der Waals surface area contributed by atoms with Crippen LogP contribution in [0.4, 0.5) is 0 Å². The van der Waals surface area contributed by atoms with Crippen LogP contribution in [0.25, 0.3) is 0 Å². The summed E-state index contributed by atoms with van der Waals surface area (Å²) in [5, 5.41) is 14.8. The van der Waals surface area contributed by atoms with E-state index in [4.69, 9.17) is 19.8 Å². The molecule has 0 spiro atoms. The molecule has 0 heterocycles. The molecule has 0 fully saturated rings. The Morgan fingerprint density at radius 1 is 0.636 bits per heavy atom. The van der Waals surface area contributed by atoms with Gasteiger partial charge in [0.15, 0.2) is 0 Å². The predicted octanol–water partition coefficient (Wildman–Crippen LogP) is 1.08. The van der Waals surface area contributed by atoms with Gasteiger partial charge in [-0.2, -0.15) is 0 Å². The Hall–Kier alpha value is -1.60. The Morgan fingerprint density at radius 3 is 0.864 bits per heavy atom. The number of carbonyl (C=O) groups excluding carboxylic acids is 3. The van der Waals surface area contributed by atoms with E-state index in [1.165, 1.54) is 0 Å². The Balaban J connectivity index is -0.000000150. The van der Waals surface area contributed by atoms with Crippen molar-refractivity contribution in [2.24, 2.45) is 0 Å². The summed E-state index contributed by atoms with van der Waals surface area (Å²) in [5.74, 6) is -3.73. The van der Waals surface area contributed by atoms with Crippen molar-refractivity contribution in [2.45, 2.75) is 34.6 Å². The predicted molar refractivity (Wildman–Crippen MR) is 68.8 cm³/mol. The van der Waals surface area contributed by atoms with E-state index >= 15 is 0 Å². The molecule has 10 nitrogen and oxygen atoms in total. The third-order valence-corrected chi connectivity index (χ3v) is 1.83. The fourth-order valence-electron chi connectivity index (χ4n) is 0.371. The second kappa shape index (κ2) is 17.5. The third kappa shape index (κ3) is 51.5. The van der Waals surface area contributed by atoms with Gasteiger partial charge in [-0.15, -0.1) is 0 Å². The summed E-state index contributed by atoms with van der Waals surface area (Å²) in [7, 11) is -2.23. The zero-order valence-electron chi connectivity index (χ0n) is 12.8. The molecular weight excluding hydrogens is 376 g/mol. The van der Waals surface area contributed by atoms with Gasteiger partial charge in [0.25, 0.3) is 11.9 Å². The van der Waals surface area contributed by atoms with Crippen molar-refractivity contribution in [1.29, 1.82) is 0 Å². The van der Waals surface area contributed by atoms with Crippen molar-refractivity contribution in [2.75, 3.05) is 0 Å². The first kappa shape index (κ1) is 28.5. The molecule has 0 aromatic rings. The van der Waals surface area contributed by atoms with Crippen molar-refractivity contribution in [3.8, 4) is 0 Å². The quantitative estimate of drug-likeness (QED) is 0.525. The molecule has 0 aromatic carbocycles. The van der Waals surface area contributed by atoms with Gasteiger partial charge < -0.3 is 23.8 Å². The average molecular weight is 394 g/mol. The minimum absolute atomic E-state index is 0. The molecule has 0 bridgehead atoms. The fraction of sp³-hybridized carbons (Fsp3) is 0.500. The summed E-state index contributed by atoms with van der Waals surface area (Å²) in [6.45, 7) is 5.51. The molecule has 22 heavy (non-hydrogen) atoms. The number of carboxylic acids is 2. The van der Waals surface area contributed by atoms with Gasteiger partial charge in [0.1, 0.15) is 0 Å². The molecule has 0 radical (unpaired) electrons. The topological polar surface area (TPSA) is 153 Å². The number of rotatable bonds is 3. The molecule has 12 heteroatoms. The number of carbonyl (C=O) groups is 5. The van der Waals surface area contributed by atoms with E-state index in [2.05, 4.69) is 13.6 Å². The number of aliphatic carboxylic acids is 2. The van der Waals surface area contributed by atoms with Crippen LogP contribution < -0.4 is 0 Å². The molecule has 0 aromatic heterocycles. The van der Waals surface area contributed by atoms with E-state index < -0.39 is 38.4 Å². The maximum atomic E-state index is 10.4. The van der Waals surface area contributed by atoms with Crippen molar-refractivity contribution in [1.82, 2.24) is 0 Å². The van der Waals surface area contributed by atoms with Crippen LogP contribution in [0.1, 0.15) is 34.6 Å². The van der Waals surface area contributed by atoms with E-state index in [1.54, 1.807) is 0 Å². The van der Waals surface area contributed by atoms with Gasteiger partial charge in [0.2, 0.25) is 0 Å². The molecular formula is C10H17O10PZn. The Bertz CT molecular complexity index is 326. The van der Waals surface area contributed by atoms with Crippen LogP contribution >= 0.6 is 8.60 Å². The van der Waals surface area contributed by atoms with Crippen LogP contribution in [-0.4, -0.2) is 40.1 Å². The monoisotopic (exact) mass is 392 g/mol. The number of hydrogen-bond acceptors (Lipinski definition) is 8. The molecule has 0 aliphatic rings. The van der Waals surface area contributed by atoms with Gasteiger partial charge in [-0.05, 0) is 0 Å². The SMILES string of the molecule is CC(=O)O.CC(=O)O.CC(=O)OP(OC(C)=O)OC(C)=O.[Zn]. The standard InChI is InChI=1S/C6H9O6P.2C2H4O2.Zn/c1-4(7)10-13(11-5(2)8)12-6(3)9;2*1-2(3)4;/h1-3H3;2*1H3,(H,3,4);. The number of carboxylic acid groups (broad SMARTS) is 2. The van der Waals surface area contributed by atoms with Crippen molar-refractivity contribution in [3.63, 3.8) is 0 Å². The normalized spacial score (nSPS) is 7.73. The minimum atomic E-state index is -2.23. The first-order chi connectivity index (χ1) is 9.38. The first-order valence-corrected chi connectivity index (χ1v) is 6.22. The zero-order valence-corrected chi connectivity index (χ0v) is 16.7. The fourth-order valence-corrected chi connectivity index (χ4v) is 1.11. The summed E-state index contributed by atoms with van der Waals surface area (Å²) in [4.78, 5) is 49.3. The molecule has 124 valence electrons. The smallest absolute Gasteiger partial charge is 0.481 e. The van der Waals surface area contributed by atoms with E-state index in [0.717, 1.165) is 34.6 Å². The van der Waals surface area contributed by atoms with Crippen LogP contribution in [0, 0.1) is 0 Å². The molecule has 0 rings (SSSR count). The van der Waals surface area contributed by atoms with Crippen LogP contribution in [0.15, 0.2) is 0 Å². The van der Waals surface area contributed by atoms with Crippen LogP contribution in [0.2, 0.25) is 0 Å². The molecule has 0 unspecified atom stereocenters.